The van der Waals surface area contributed by atoms with Crippen LogP contribution in [0.15, 0.2) is 18.2 Å². The number of methoxy groups -OCH3 is 2. The first-order valence-electron chi connectivity index (χ1n) is 7.89. The summed E-state index contributed by atoms with van der Waals surface area (Å²) in [5.74, 6) is -0.946. The van der Waals surface area contributed by atoms with Crippen molar-refractivity contribution in [3.8, 4) is 11.5 Å². The van der Waals surface area contributed by atoms with Crippen LogP contribution in [-0.2, 0) is 25.5 Å². The SMILES string of the molecule is COc1ccc(CCCC2(C)C(=O)OC(C)(C)OC2=O)cc1OC. The Morgan fingerprint density at radius 2 is 1.54 bits per heavy atom. The average Bonchev–Trinajstić information content (AvgIpc) is 2.52. The van der Waals surface area contributed by atoms with E-state index in [1.54, 1.807) is 35.0 Å². The molecule has 0 bridgehead atoms. The third-order valence-corrected chi connectivity index (χ3v) is 4.17. The highest BCUT2D eigenvalue weighted by Gasteiger charge is 2.52. The zero-order valence-electron chi connectivity index (χ0n) is 14.8. The molecule has 24 heavy (non-hydrogen) atoms. The molecule has 1 fully saturated rings. The van der Waals surface area contributed by atoms with Crippen molar-refractivity contribution in [2.75, 3.05) is 14.2 Å². The van der Waals surface area contributed by atoms with Crippen molar-refractivity contribution in [3.63, 3.8) is 0 Å². The van der Waals surface area contributed by atoms with Gasteiger partial charge in [0.15, 0.2) is 16.9 Å². The lowest BCUT2D eigenvalue weighted by Gasteiger charge is -2.38. The number of benzene rings is 1. The van der Waals surface area contributed by atoms with E-state index in [1.807, 2.05) is 18.2 Å². The van der Waals surface area contributed by atoms with E-state index in [4.69, 9.17) is 18.9 Å². The van der Waals surface area contributed by atoms with E-state index >= 15 is 0 Å². The third kappa shape index (κ3) is 3.63. The topological polar surface area (TPSA) is 71.1 Å². The Bertz CT molecular complexity index is 614. The molecule has 132 valence electrons. The second-order valence-electron chi connectivity index (χ2n) is 6.55. The van der Waals surface area contributed by atoms with Crippen LogP contribution in [0.3, 0.4) is 0 Å². The van der Waals surface area contributed by atoms with Crippen LogP contribution in [0, 0.1) is 5.41 Å². The molecule has 1 aliphatic rings. The van der Waals surface area contributed by atoms with Crippen LogP contribution in [0.2, 0.25) is 0 Å². The molecule has 0 atom stereocenters. The molecule has 0 spiro atoms. The van der Waals surface area contributed by atoms with Gasteiger partial charge in [-0.2, -0.15) is 0 Å². The highest BCUT2D eigenvalue weighted by atomic mass is 16.7. The molecule has 0 saturated carbocycles. The number of carbonyl (C=O) groups excluding carboxylic acids is 2. The van der Waals surface area contributed by atoms with Gasteiger partial charge in [0.05, 0.1) is 14.2 Å². The van der Waals surface area contributed by atoms with E-state index < -0.39 is 23.1 Å². The maximum absolute atomic E-state index is 12.2. The van der Waals surface area contributed by atoms with E-state index in [2.05, 4.69) is 0 Å². The van der Waals surface area contributed by atoms with Crippen molar-refractivity contribution in [2.45, 2.75) is 45.8 Å². The van der Waals surface area contributed by atoms with E-state index in [0.717, 1.165) is 5.56 Å². The van der Waals surface area contributed by atoms with Crippen LogP contribution in [0.1, 0.15) is 39.2 Å². The summed E-state index contributed by atoms with van der Waals surface area (Å²) in [5.41, 5.74) is -0.222. The van der Waals surface area contributed by atoms with Gasteiger partial charge in [-0.25, -0.2) is 0 Å². The number of aryl methyl sites for hydroxylation is 1. The van der Waals surface area contributed by atoms with Gasteiger partial charge in [0, 0.05) is 13.8 Å². The largest absolute Gasteiger partial charge is 0.493 e. The second kappa shape index (κ2) is 6.71. The van der Waals surface area contributed by atoms with Crippen molar-refractivity contribution in [1.82, 2.24) is 0 Å². The number of carbonyl (C=O) groups is 2. The molecule has 0 unspecified atom stereocenters. The molecule has 6 heteroatoms. The smallest absolute Gasteiger partial charge is 0.326 e. The van der Waals surface area contributed by atoms with Crippen molar-refractivity contribution < 1.29 is 28.5 Å². The maximum atomic E-state index is 12.2. The number of hydrogen-bond acceptors (Lipinski definition) is 6. The Kier molecular flexibility index (Phi) is 5.06. The Morgan fingerprint density at radius 3 is 2.08 bits per heavy atom. The van der Waals surface area contributed by atoms with Crippen LogP contribution < -0.4 is 9.47 Å². The lowest BCUT2D eigenvalue weighted by molar-refractivity contribution is -0.250. The molecule has 0 N–H and O–H groups in total. The minimum Gasteiger partial charge on any atom is -0.493 e. The maximum Gasteiger partial charge on any atom is 0.326 e. The van der Waals surface area contributed by atoms with E-state index in [1.165, 1.54) is 0 Å². The fraction of sp³-hybridized carbons (Fsp3) is 0.556. The predicted octanol–water partition coefficient (Wildman–Crippen LogP) is 2.87. The van der Waals surface area contributed by atoms with Crippen molar-refractivity contribution in [1.29, 1.82) is 0 Å². The van der Waals surface area contributed by atoms with Gasteiger partial charge in [-0.05, 0) is 43.9 Å². The number of cyclic esters (lactones) is 2. The van der Waals surface area contributed by atoms with Gasteiger partial charge >= 0.3 is 11.9 Å². The minimum absolute atomic E-state index is 0.356. The fourth-order valence-electron chi connectivity index (χ4n) is 2.66. The second-order valence-corrected chi connectivity index (χ2v) is 6.55. The van der Waals surface area contributed by atoms with Crippen LogP contribution in [0.5, 0.6) is 11.5 Å². The first-order valence-corrected chi connectivity index (χ1v) is 7.89. The Balaban J connectivity index is 2.01. The van der Waals surface area contributed by atoms with Gasteiger partial charge in [0.25, 0.3) is 5.79 Å². The molecule has 0 amide bonds. The summed E-state index contributed by atoms with van der Waals surface area (Å²) in [7, 11) is 3.17. The van der Waals surface area contributed by atoms with Crippen LogP contribution in [0.25, 0.3) is 0 Å². The molecule has 1 aliphatic heterocycles. The molecule has 1 heterocycles. The summed E-state index contributed by atoms with van der Waals surface area (Å²) in [6, 6.07) is 5.66. The predicted molar refractivity (Wildman–Crippen MR) is 86.9 cm³/mol. The van der Waals surface area contributed by atoms with Crippen LogP contribution >= 0.6 is 0 Å². The number of esters is 2. The summed E-state index contributed by atoms with van der Waals surface area (Å²) in [6.45, 7) is 4.67. The molecule has 0 aromatic heterocycles. The van der Waals surface area contributed by atoms with Gasteiger partial charge in [0.1, 0.15) is 0 Å². The van der Waals surface area contributed by atoms with Crippen LogP contribution in [-0.4, -0.2) is 31.9 Å². The average molecular weight is 336 g/mol. The van der Waals surface area contributed by atoms with Crippen molar-refractivity contribution >= 4 is 11.9 Å². The van der Waals surface area contributed by atoms with Crippen molar-refractivity contribution in [3.05, 3.63) is 23.8 Å². The van der Waals surface area contributed by atoms with Crippen molar-refractivity contribution in [2.24, 2.45) is 5.41 Å². The molecule has 1 aromatic rings. The summed E-state index contributed by atoms with van der Waals surface area (Å²) >= 11 is 0. The van der Waals surface area contributed by atoms with E-state index in [-0.39, 0.29) is 0 Å². The quantitative estimate of drug-likeness (QED) is 0.588. The van der Waals surface area contributed by atoms with Crippen LogP contribution in [0.4, 0.5) is 0 Å². The molecule has 1 aromatic carbocycles. The van der Waals surface area contributed by atoms with Gasteiger partial charge in [-0.1, -0.05) is 6.07 Å². The number of hydrogen-bond donors (Lipinski definition) is 0. The lowest BCUT2D eigenvalue weighted by Crippen LogP contribution is -2.52. The highest BCUT2D eigenvalue weighted by Crippen LogP contribution is 2.36. The Hall–Kier alpha value is -2.24. The first kappa shape index (κ1) is 18.1. The third-order valence-electron chi connectivity index (χ3n) is 4.17. The van der Waals surface area contributed by atoms with E-state index in [9.17, 15) is 9.59 Å². The summed E-state index contributed by atoms with van der Waals surface area (Å²) < 4.78 is 20.9. The molecule has 6 nitrogen and oxygen atoms in total. The normalized spacial score (nSPS) is 18.5. The zero-order chi connectivity index (χ0) is 18.0. The molecule has 2 rings (SSSR count). The number of rotatable bonds is 6. The Morgan fingerprint density at radius 1 is 0.958 bits per heavy atom. The molecule has 0 aliphatic carbocycles. The first-order chi connectivity index (χ1) is 11.2. The summed E-state index contributed by atoms with van der Waals surface area (Å²) in [4.78, 5) is 24.4. The lowest BCUT2D eigenvalue weighted by atomic mass is 9.83. The molecule has 1 saturated heterocycles. The molecular weight excluding hydrogens is 312 g/mol. The summed E-state index contributed by atoms with van der Waals surface area (Å²) in [5, 5.41) is 0. The molecule has 0 radical (unpaired) electrons. The van der Waals surface area contributed by atoms with Gasteiger partial charge in [-0.3, -0.25) is 9.59 Å². The van der Waals surface area contributed by atoms with Gasteiger partial charge < -0.3 is 18.9 Å². The summed E-state index contributed by atoms with van der Waals surface area (Å²) in [6.07, 6.45) is 1.69. The molecular formula is C18H24O6. The number of ether oxygens (including phenoxy) is 4. The standard InChI is InChI=1S/C18H24O6/c1-17(2)23-15(19)18(3,16(20)24-17)10-6-7-12-8-9-13(21-4)14(11-12)22-5/h8-9,11H,6-7,10H2,1-5H3. The zero-order valence-corrected chi connectivity index (χ0v) is 14.8. The van der Waals surface area contributed by atoms with Gasteiger partial charge in [0.2, 0.25) is 0 Å². The minimum atomic E-state index is -1.26. The monoisotopic (exact) mass is 336 g/mol. The Labute approximate surface area is 142 Å². The van der Waals surface area contributed by atoms with Gasteiger partial charge in [-0.15, -0.1) is 0 Å². The highest BCUT2D eigenvalue weighted by molar-refractivity contribution is 6.01. The fourth-order valence-corrected chi connectivity index (χ4v) is 2.66. The van der Waals surface area contributed by atoms with E-state index in [0.29, 0.717) is 30.8 Å².